The summed E-state index contributed by atoms with van der Waals surface area (Å²) in [5, 5.41) is 12.2. The quantitative estimate of drug-likeness (QED) is 0.780. The van der Waals surface area contributed by atoms with E-state index in [1.807, 2.05) is 31.0 Å². The Morgan fingerprint density at radius 2 is 2.29 bits per heavy atom. The van der Waals surface area contributed by atoms with E-state index in [-0.39, 0.29) is 5.91 Å². The van der Waals surface area contributed by atoms with E-state index in [9.17, 15) is 9.90 Å². The molecule has 0 aliphatic carbocycles. The van der Waals surface area contributed by atoms with Crippen LogP contribution in [0.2, 0.25) is 0 Å². The highest BCUT2D eigenvalue weighted by atomic mass is 16.3. The van der Waals surface area contributed by atoms with Crippen molar-refractivity contribution in [3.8, 4) is 0 Å². The molecule has 1 aromatic rings. The molecule has 1 heterocycles. The molecule has 1 atom stereocenters. The minimum absolute atomic E-state index is 0.361. The van der Waals surface area contributed by atoms with Crippen molar-refractivity contribution in [3.63, 3.8) is 0 Å². The first-order valence-electron chi connectivity index (χ1n) is 5.47. The highest BCUT2D eigenvalue weighted by Crippen LogP contribution is 2.33. The molecule has 2 rings (SSSR count). The Bertz CT molecular complexity index is 482. The lowest BCUT2D eigenvalue weighted by atomic mass is 10.1. The fraction of sp³-hybridized carbons (Fsp3) is 0.308. The van der Waals surface area contributed by atoms with Crippen LogP contribution in [0.3, 0.4) is 0 Å². The average molecular weight is 232 g/mol. The summed E-state index contributed by atoms with van der Waals surface area (Å²) in [4.78, 5) is 13.3. The molecule has 1 aliphatic heterocycles. The highest BCUT2D eigenvalue weighted by molar-refractivity contribution is 6.02. The second kappa shape index (κ2) is 4.22. The van der Waals surface area contributed by atoms with E-state index >= 15 is 0 Å². The Morgan fingerprint density at radius 1 is 1.59 bits per heavy atom. The molecular formula is C13H16N2O2. The molecule has 17 heavy (non-hydrogen) atoms. The first-order valence-corrected chi connectivity index (χ1v) is 5.47. The Hall–Kier alpha value is -1.81. The summed E-state index contributed by atoms with van der Waals surface area (Å²) in [6.07, 6.45) is -1.04. The van der Waals surface area contributed by atoms with Gasteiger partial charge in [0.15, 0.2) is 6.10 Å². The monoisotopic (exact) mass is 232 g/mol. The molecule has 0 radical (unpaired) electrons. The Balaban J connectivity index is 2.27. The van der Waals surface area contributed by atoms with Crippen LogP contribution < -0.4 is 10.2 Å². The summed E-state index contributed by atoms with van der Waals surface area (Å²) in [5.74, 6) is -0.361. The van der Waals surface area contributed by atoms with Crippen LogP contribution in [0.25, 0.3) is 0 Å². The topological polar surface area (TPSA) is 52.6 Å². The molecule has 0 saturated heterocycles. The number of benzene rings is 1. The second-order valence-corrected chi connectivity index (χ2v) is 4.48. The second-order valence-electron chi connectivity index (χ2n) is 4.48. The van der Waals surface area contributed by atoms with E-state index in [2.05, 4.69) is 11.9 Å². The molecule has 4 nitrogen and oxygen atoms in total. The van der Waals surface area contributed by atoms with Gasteiger partial charge in [0.2, 0.25) is 0 Å². The predicted octanol–water partition coefficient (Wildman–Crippen LogP) is 1.68. The van der Waals surface area contributed by atoms with Crippen molar-refractivity contribution in [2.24, 2.45) is 0 Å². The summed E-state index contributed by atoms with van der Waals surface area (Å²) in [6.45, 7) is 6.59. The van der Waals surface area contributed by atoms with Gasteiger partial charge in [-0.2, -0.15) is 0 Å². The van der Waals surface area contributed by atoms with Crippen LogP contribution in [0.1, 0.15) is 18.6 Å². The molecule has 1 aromatic carbocycles. The third-order valence-corrected chi connectivity index (χ3v) is 2.79. The van der Waals surface area contributed by atoms with Crippen molar-refractivity contribution in [2.45, 2.75) is 13.0 Å². The Labute approximate surface area is 101 Å². The highest BCUT2D eigenvalue weighted by Gasteiger charge is 2.28. The average Bonchev–Trinajstić information content (AvgIpc) is 2.53. The molecule has 2 N–H and O–H groups in total. The van der Waals surface area contributed by atoms with E-state index in [1.165, 1.54) is 0 Å². The number of amides is 1. The number of rotatable bonds is 3. The Morgan fingerprint density at radius 3 is 2.94 bits per heavy atom. The number of hydrogen-bond acceptors (Lipinski definition) is 3. The number of nitrogens with one attached hydrogen (secondary N) is 1. The van der Waals surface area contributed by atoms with Gasteiger partial charge in [0.25, 0.3) is 5.91 Å². The van der Waals surface area contributed by atoms with Gasteiger partial charge in [-0.1, -0.05) is 18.2 Å². The fourth-order valence-corrected chi connectivity index (χ4v) is 1.97. The van der Waals surface area contributed by atoms with E-state index in [0.717, 1.165) is 17.8 Å². The maximum Gasteiger partial charge on any atom is 0.257 e. The molecule has 0 aromatic heterocycles. The Kier molecular flexibility index (Phi) is 2.90. The molecular weight excluding hydrogens is 216 g/mol. The molecule has 4 heteroatoms. The van der Waals surface area contributed by atoms with E-state index < -0.39 is 6.10 Å². The van der Waals surface area contributed by atoms with Crippen LogP contribution in [0, 0.1) is 0 Å². The van der Waals surface area contributed by atoms with Gasteiger partial charge >= 0.3 is 0 Å². The molecule has 1 aliphatic rings. The van der Waals surface area contributed by atoms with Gasteiger partial charge in [-0.25, -0.2) is 0 Å². The van der Waals surface area contributed by atoms with Gasteiger partial charge in [-0.3, -0.25) is 4.79 Å². The van der Waals surface area contributed by atoms with Gasteiger partial charge < -0.3 is 15.3 Å². The van der Waals surface area contributed by atoms with Crippen molar-refractivity contribution in [1.82, 2.24) is 0 Å². The summed E-state index contributed by atoms with van der Waals surface area (Å²) in [6, 6.07) is 5.54. The maximum absolute atomic E-state index is 11.3. The van der Waals surface area contributed by atoms with E-state index in [4.69, 9.17) is 0 Å². The molecule has 1 unspecified atom stereocenters. The molecule has 90 valence electrons. The van der Waals surface area contributed by atoms with Gasteiger partial charge in [-0.05, 0) is 19.1 Å². The zero-order valence-electron chi connectivity index (χ0n) is 10.0. The normalized spacial score (nSPS) is 17.6. The summed E-state index contributed by atoms with van der Waals surface area (Å²) in [7, 11) is 1.96. The number of anilines is 2. The summed E-state index contributed by atoms with van der Waals surface area (Å²) in [5.41, 5.74) is 3.38. The van der Waals surface area contributed by atoms with Crippen LogP contribution >= 0.6 is 0 Å². The number of nitrogens with zero attached hydrogens (tertiary/aromatic N) is 1. The standard InChI is InChI=1S/C13H16N2O2/c1-8(2)7-15(3)9-4-5-10-11(6-9)14-13(17)12(10)16/h4-6,12,16H,1,7H2,2-3H3,(H,14,17). The van der Waals surface area contributed by atoms with Crippen LogP contribution in [0.5, 0.6) is 0 Å². The predicted molar refractivity (Wildman–Crippen MR) is 68.1 cm³/mol. The van der Waals surface area contributed by atoms with E-state index in [1.54, 1.807) is 6.07 Å². The number of aliphatic hydroxyl groups is 1. The number of hydrogen-bond donors (Lipinski definition) is 2. The van der Waals surface area contributed by atoms with Gasteiger partial charge in [-0.15, -0.1) is 0 Å². The van der Waals surface area contributed by atoms with Crippen LogP contribution in [-0.2, 0) is 4.79 Å². The molecule has 0 fully saturated rings. The van der Waals surface area contributed by atoms with Crippen molar-refractivity contribution in [3.05, 3.63) is 35.9 Å². The van der Waals surface area contributed by atoms with Crippen molar-refractivity contribution in [1.29, 1.82) is 0 Å². The molecule has 1 amide bonds. The maximum atomic E-state index is 11.3. The van der Waals surface area contributed by atoms with Gasteiger partial charge in [0, 0.05) is 30.5 Å². The smallest absolute Gasteiger partial charge is 0.257 e. The fourth-order valence-electron chi connectivity index (χ4n) is 1.97. The zero-order valence-corrected chi connectivity index (χ0v) is 10.0. The van der Waals surface area contributed by atoms with Crippen molar-refractivity contribution in [2.75, 3.05) is 23.8 Å². The molecule has 0 spiro atoms. The van der Waals surface area contributed by atoms with Crippen LogP contribution in [0.15, 0.2) is 30.4 Å². The minimum atomic E-state index is -1.04. The number of likely N-dealkylation sites (N-methyl/N-ethyl adjacent to an activating group) is 1. The third-order valence-electron chi connectivity index (χ3n) is 2.79. The summed E-state index contributed by atoms with van der Waals surface area (Å²) >= 11 is 0. The number of aliphatic hydroxyl groups excluding tert-OH is 1. The van der Waals surface area contributed by atoms with Crippen LogP contribution in [-0.4, -0.2) is 24.6 Å². The molecule has 0 saturated carbocycles. The van der Waals surface area contributed by atoms with Gasteiger partial charge in [0.05, 0.1) is 0 Å². The third kappa shape index (κ3) is 2.17. The number of carbonyl (C=O) groups is 1. The largest absolute Gasteiger partial charge is 0.378 e. The molecule has 0 bridgehead atoms. The number of carbonyl (C=O) groups excluding carboxylic acids is 1. The SMILES string of the molecule is C=C(C)CN(C)c1ccc2c(c1)NC(=O)C2O. The lowest BCUT2D eigenvalue weighted by Crippen LogP contribution is -2.18. The first-order chi connectivity index (χ1) is 7.99. The lowest BCUT2D eigenvalue weighted by Gasteiger charge is -2.20. The zero-order chi connectivity index (χ0) is 12.6. The minimum Gasteiger partial charge on any atom is -0.378 e. The van der Waals surface area contributed by atoms with Crippen LogP contribution in [0.4, 0.5) is 11.4 Å². The lowest BCUT2D eigenvalue weighted by molar-refractivity contribution is -0.123. The first kappa shape index (κ1) is 11.7. The van der Waals surface area contributed by atoms with Crippen molar-refractivity contribution < 1.29 is 9.90 Å². The summed E-state index contributed by atoms with van der Waals surface area (Å²) < 4.78 is 0. The number of fused-ring (bicyclic) bond motifs is 1. The van der Waals surface area contributed by atoms with E-state index in [0.29, 0.717) is 11.3 Å². The van der Waals surface area contributed by atoms with Crippen molar-refractivity contribution >= 4 is 17.3 Å². The van der Waals surface area contributed by atoms with Gasteiger partial charge in [0.1, 0.15) is 0 Å².